The molecule has 1 aromatic heterocycles. The number of halogens is 1. The fourth-order valence-corrected chi connectivity index (χ4v) is 4.08. The largest absolute Gasteiger partial charge is 0.497 e. The predicted molar refractivity (Wildman–Crippen MR) is 115 cm³/mol. The van der Waals surface area contributed by atoms with Crippen molar-refractivity contribution in [1.82, 2.24) is 9.47 Å². The second-order valence-electron chi connectivity index (χ2n) is 6.36. The van der Waals surface area contributed by atoms with Gasteiger partial charge < -0.3 is 9.30 Å². The van der Waals surface area contributed by atoms with Gasteiger partial charge in [0.05, 0.1) is 18.6 Å². The van der Waals surface area contributed by atoms with Gasteiger partial charge in [0.1, 0.15) is 5.75 Å². The Labute approximate surface area is 177 Å². The smallest absolute Gasteiger partial charge is 0.293 e. The van der Waals surface area contributed by atoms with Crippen LogP contribution in [0.2, 0.25) is 5.02 Å². The van der Waals surface area contributed by atoms with Crippen molar-refractivity contribution >= 4 is 40.6 Å². The van der Waals surface area contributed by atoms with Crippen LogP contribution >= 0.6 is 23.4 Å². The summed E-state index contributed by atoms with van der Waals surface area (Å²) in [5.41, 5.74) is 2.47. The molecule has 1 saturated heterocycles. The fraction of sp³-hybridized carbons (Fsp3) is 0.0909. The summed E-state index contributed by atoms with van der Waals surface area (Å²) in [6.07, 6.45) is 3.64. The Morgan fingerprint density at radius 1 is 1.03 bits per heavy atom. The minimum Gasteiger partial charge on any atom is -0.497 e. The van der Waals surface area contributed by atoms with Crippen LogP contribution in [0.1, 0.15) is 11.3 Å². The SMILES string of the molecule is COc1ccc(-n2cccc2/C=C2\SC(=O)N(Cc3ccccc3Cl)C2=O)cc1. The molecule has 1 aliphatic rings. The van der Waals surface area contributed by atoms with Crippen molar-refractivity contribution in [2.45, 2.75) is 6.54 Å². The molecule has 29 heavy (non-hydrogen) atoms. The first-order chi connectivity index (χ1) is 14.1. The van der Waals surface area contributed by atoms with E-state index >= 15 is 0 Å². The molecule has 0 atom stereocenters. The molecule has 7 heteroatoms. The van der Waals surface area contributed by atoms with Crippen molar-refractivity contribution in [3.63, 3.8) is 0 Å². The lowest BCUT2D eigenvalue weighted by atomic mass is 10.2. The second kappa shape index (κ2) is 8.19. The van der Waals surface area contributed by atoms with Crippen LogP contribution in [0, 0.1) is 0 Å². The van der Waals surface area contributed by atoms with Gasteiger partial charge in [-0.2, -0.15) is 0 Å². The summed E-state index contributed by atoms with van der Waals surface area (Å²) in [5.74, 6) is 0.450. The highest BCUT2D eigenvalue weighted by Gasteiger charge is 2.35. The van der Waals surface area contributed by atoms with Gasteiger partial charge in [0, 0.05) is 22.6 Å². The van der Waals surface area contributed by atoms with E-state index in [1.54, 1.807) is 19.3 Å². The fourth-order valence-electron chi connectivity index (χ4n) is 3.06. The van der Waals surface area contributed by atoms with E-state index in [1.165, 1.54) is 4.90 Å². The third-order valence-corrected chi connectivity index (χ3v) is 5.85. The highest BCUT2D eigenvalue weighted by Crippen LogP contribution is 2.34. The molecule has 2 amide bonds. The van der Waals surface area contributed by atoms with E-state index in [0.717, 1.165) is 34.5 Å². The average Bonchev–Trinajstić information content (AvgIpc) is 3.30. The van der Waals surface area contributed by atoms with Crippen LogP contribution in [0.4, 0.5) is 4.79 Å². The summed E-state index contributed by atoms with van der Waals surface area (Å²) in [7, 11) is 1.62. The van der Waals surface area contributed by atoms with Gasteiger partial charge in [-0.1, -0.05) is 29.8 Å². The Morgan fingerprint density at radius 3 is 2.52 bits per heavy atom. The maximum absolute atomic E-state index is 12.8. The zero-order valence-corrected chi connectivity index (χ0v) is 17.1. The standard InChI is InChI=1S/C22H17ClN2O3S/c1-28-18-10-8-16(9-11-18)24-12-4-6-17(24)13-20-21(26)25(22(27)29-20)14-15-5-2-3-7-19(15)23/h2-13H,14H2,1H3/b20-13-. The van der Waals surface area contributed by atoms with E-state index in [-0.39, 0.29) is 17.7 Å². The number of thioether (sulfide) groups is 1. The average molecular weight is 425 g/mol. The van der Waals surface area contributed by atoms with Crippen molar-refractivity contribution in [2.24, 2.45) is 0 Å². The molecule has 146 valence electrons. The predicted octanol–water partition coefficient (Wildman–Crippen LogP) is 5.38. The van der Waals surface area contributed by atoms with Crippen molar-refractivity contribution < 1.29 is 14.3 Å². The van der Waals surface area contributed by atoms with Crippen LogP contribution in [-0.4, -0.2) is 27.7 Å². The van der Waals surface area contributed by atoms with Gasteiger partial charge >= 0.3 is 0 Å². The van der Waals surface area contributed by atoms with Crippen molar-refractivity contribution in [3.05, 3.63) is 88.0 Å². The molecule has 1 fully saturated rings. The van der Waals surface area contributed by atoms with E-state index in [1.807, 2.05) is 65.4 Å². The van der Waals surface area contributed by atoms with E-state index < -0.39 is 0 Å². The Kier molecular flexibility index (Phi) is 5.47. The molecule has 4 rings (SSSR count). The minimum absolute atomic E-state index is 0.154. The van der Waals surface area contributed by atoms with Gasteiger partial charge in [-0.25, -0.2) is 0 Å². The second-order valence-corrected chi connectivity index (χ2v) is 7.76. The number of rotatable bonds is 5. The van der Waals surface area contributed by atoms with Crippen LogP contribution in [0.15, 0.2) is 71.8 Å². The number of ether oxygens (including phenoxy) is 1. The van der Waals surface area contributed by atoms with Crippen molar-refractivity contribution in [1.29, 1.82) is 0 Å². The Bertz CT molecular complexity index is 1110. The molecule has 0 N–H and O–H groups in total. The molecule has 2 heterocycles. The summed E-state index contributed by atoms with van der Waals surface area (Å²) in [6, 6.07) is 18.6. The number of benzene rings is 2. The van der Waals surface area contributed by atoms with Crippen LogP contribution in [0.25, 0.3) is 11.8 Å². The van der Waals surface area contributed by atoms with E-state index in [2.05, 4.69) is 0 Å². The number of hydrogen-bond donors (Lipinski definition) is 0. The third kappa shape index (κ3) is 3.95. The number of hydrogen-bond acceptors (Lipinski definition) is 4. The first-order valence-corrected chi connectivity index (χ1v) is 10.1. The van der Waals surface area contributed by atoms with Gasteiger partial charge in [0.25, 0.3) is 11.1 Å². The molecule has 3 aromatic rings. The Balaban J connectivity index is 1.60. The number of imide groups is 1. The summed E-state index contributed by atoms with van der Waals surface area (Å²) >= 11 is 7.11. The number of amides is 2. The summed E-state index contributed by atoms with van der Waals surface area (Å²) in [5, 5.41) is 0.229. The lowest BCUT2D eigenvalue weighted by Gasteiger charge is -2.13. The molecule has 1 aliphatic heterocycles. The summed E-state index contributed by atoms with van der Waals surface area (Å²) in [4.78, 5) is 26.9. The van der Waals surface area contributed by atoms with Gasteiger partial charge in [0.15, 0.2) is 0 Å². The van der Waals surface area contributed by atoms with Gasteiger partial charge in [-0.05, 0) is 65.9 Å². The highest BCUT2D eigenvalue weighted by atomic mass is 35.5. The molecular formula is C22H17ClN2O3S. The Hall–Kier alpha value is -2.96. The van der Waals surface area contributed by atoms with Gasteiger partial charge in [-0.15, -0.1) is 0 Å². The molecule has 0 radical (unpaired) electrons. The third-order valence-electron chi connectivity index (χ3n) is 4.57. The lowest BCUT2D eigenvalue weighted by molar-refractivity contribution is -0.123. The maximum atomic E-state index is 12.8. The first kappa shape index (κ1) is 19.4. The Morgan fingerprint density at radius 2 is 1.79 bits per heavy atom. The van der Waals surface area contributed by atoms with Crippen molar-refractivity contribution in [2.75, 3.05) is 7.11 Å². The number of methoxy groups -OCH3 is 1. The van der Waals surface area contributed by atoms with E-state index in [9.17, 15) is 9.59 Å². The molecule has 2 aromatic carbocycles. The molecule has 0 aliphatic carbocycles. The summed E-state index contributed by atoms with van der Waals surface area (Å²) in [6.45, 7) is 0.154. The normalized spacial score (nSPS) is 15.4. The lowest BCUT2D eigenvalue weighted by Crippen LogP contribution is -2.27. The zero-order chi connectivity index (χ0) is 20.4. The zero-order valence-electron chi connectivity index (χ0n) is 15.5. The molecular weight excluding hydrogens is 408 g/mol. The molecule has 0 unspecified atom stereocenters. The molecule has 5 nitrogen and oxygen atoms in total. The minimum atomic E-state index is -0.317. The van der Waals surface area contributed by atoms with Crippen LogP contribution in [0.3, 0.4) is 0 Å². The molecule has 0 bridgehead atoms. The number of carbonyl (C=O) groups excluding carboxylic acids is 2. The molecule has 0 saturated carbocycles. The number of nitrogens with zero attached hydrogens (tertiary/aromatic N) is 2. The van der Waals surface area contributed by atoms with Gasteiger partial charge in [0.2, 0.25) is 0 Å². The first-order valence-electron chi connectivity index (χ1n) is 8.87. The highest BCUT2D eigenvalue weighted by molar-refractivity contribution is 8.18. The van der Waals surface area contributed by atoms with E-state index in [4.69, 9.17) is 16.3 Å². The van der Waals surface area contributed by atoms with Crippen LogP contribution in [0.5, 0.6) is 5.75 Å². The summed E-state index contributed by atoms with van der Waals surface area (Å²) < 4.78 is 7.14. The van der Waals surface area contributed by atoms with Crippen LogP contribution < -0.4 is 4.74 Å². The number of aromatic nitrogens is 1. The van der Waals surface area contributed by atoms with E-state index in [0.29, 0.717) is 9.93 Å². The van der Waals surface area contributed by atoms with Crippen LogP contribution in [-0.2, 0) is 11.3 Å². The quantitative estimate of drug-likeness (QED) is 0.516. The molecule has 0 spiro atoms. The van der Waals surface area contributed by atoms with Crippen molar-refractivity contribution in [3.8, 4) is 11.4 Å². The topological polar surface area (TPSA) is 51.5 Å². The maximum Gasteiger partial charge on any atom is 0.293 e. The van der Waals surface area contributed by atoms with Gasteiger partial charge in [-0.3, -0.25) is 14.5 Å². The monoisotopic (exact) mass is 424 g/mol. The number of carbonyl (C=O) groups is 2.